The van der Waals surface area contributed by atoms with Gasteiger partial charge >= 0.3 is 0 Å². The smallest absolute Gasteiger partial charge is 0.113 e. The summed E-state index contributed by atoms with van der Waals surface area (Å²) in [6.07, 6.45) is 27.2. The molecule has 0 aromatic heterocycles. The molecule has 3 saturated carbocycles. The molecule has 3 fully saturated rings. The van der Waals surface area contributed by atoms with E-state index < -0.39 is 0 Å². The van der Waals surface area contributed by atoms with E-state index in [9.17, 15) is 0 Å². The molecule has 2 aliphatic heterocycles. The van der Waals surface area contributed by atoms with Crippen LogP contribution in [-0.2, 0) is 0 Å². The lowest BCUT2D eigenvalue weighted by atomic mass is 9.57. The van der Waals surface area contributed by atoms with E-state index in [0.29, 0.717) is 6.17 Å². The van der Waals surface area contributed by atoms with Crippen molar-refractivity contribution in [2.45, 2.75) is 116 Å². The van der Waals surface area contributed by atoms with Crippen LogP contribution in [0.5, 0.6) is 0 Å². The Balaban J connectivity index is 1.49. The number of hydrogen-bond acceptors (Lipinski definition) is 2. The van der Waals surface area contributed by atoms with Gasteiger partial charge in [0.2, 0.25) is 0 Å². The fourth-order valence-electron chi connectivity index (χ4n) is 8.92. The van der Waals surface area contributed by atoms with E-state index in [4.69, 9.17) is 0 Å². The van der Waals surface area contributed by atoms with E-state index >= 15 is 0 Å². The molecule has 5 aliphatic rings. The van der Waals surface area contributed by atoms with Gasteiger partial charge in [-0.3, -0.25) is 0 Å². The third-order valence-electron chi connectivity index (χ3n) is 10.4. The number of anilines is 1. The Morgan fingerprint density at radius 3 is 1.85 bits per heavy atom. The zero-order valence-electron chi connectivity index (χ0n) is 21.8. The molecule has 2 heteroatoms. The van der Waals surface area contributed by atoms with Crippen LogP contribution in [0.25, 0.3) is 0 Å². The molecular formula is C32H46N2. The van der Waals surface area contributed by atoms with Gasteiger partial charge in [0.25, 0.3) is 0 Å². The van der Waals surface area contributed by atoms with Gasteiger partial charge in [0.15, 0.2) is 0 Å². The summed E-state index contributed by atoms with van der Waals surface area (Å²) in [6.45, 7) is 4.81. The Hall–Kier alpha value is -1.70. The minimum atomic E-state index is 0.273. The van der Waals surface area contributed by atoms with Crippen LogP contribution in [0.2, 0.25) is 0 Å². The van der Waals surface area contributed by atoms with Gasteiger partial charge in [0, 0.05) is 28.7 Å². The molecule has 0 amide bonds. The first-order valence-electron chi connectivity index (χ1n) is 14.8. The van der Waals surface area contributed by atoms with Crippen molar-refractivity contribution >= 4 is 5.69 Å². The number of hydrogen-bond donors (Lipinski definition) is 0. The monoisotopic (exact) mass is 458 g/mol. The maximum Gasteiger partial charge on any atom is 0.113 e. The van der Waals surface area contributed by atoms with Crippen molar-refractivity contribution in [3.63, 3.8) is 0 Å². The number of benzene rings is 1. The summed E-state index contributed by atoms with van der Waals surface area (Å²) in [7, 11) is 0. The number of fused-ring (bicyclic) bond motifs is 1. The SMILES string of the molecule is CC1=C2N(C=CC2(C2CCCCC2)C2CCCCC2)C(C2CCCCC2)N1c1ccccc1C. The topological polar surface area (TPSA) is 6.48 Å². The molecule has 0 radical (unpaired) electrons. The molecule has 184 valence electrons. The van der Waals surface area contributed by atoms with E-state index in [1.807, 2.05) is 0 Å². The lowest BCUT2D eigenvalue weighted by molar-refractivity contribution is 0.0863. The molecule has 1 unspecified atom stereocenters. The highest BCUT2D eigenvalue weighted by Gasteiger charge is 2.57. The molecule has 6 rings (SSSR count). The number of para-hydroxylation sites is 1. The second-order valence-corrected chi connectivity index (χ2v) is 12.2. The Labute approximate surface area is 208 Å². The lowest BCUT2D eigenvalue weighted by Crippen LogP contribution is -2.45. The van der Waals surface area contributed by atoms with E-state index in [-0.39, 0.29) is 5.41 Å². The molecule has 0 spiro atoms. The first-order valence-corrected chi connectivity index (χ1v) is 14.8. The highest BCUT2D eigenvalue weighted by atomic mass is 15.4. The van der Waals surface area contributed by atoms with Gasteiger partial charge in [-0.1, -0.05) is 82.1 Å². The summed E-state index contributed by atoms with van der Waals surface area (Å²) in [5, 5.41) is 0. The summed E-state index contributed by atoms with van der Waals surface area (Å²) in [5.41, 5.74) is 6.45. The summed E-state index contributed by atoms with van der Waals surface area (Å²) < 4.78 is 0. The second kappa shape index (κ2) is 9.40. The van der Waals surface area contributed by atoms with E-state index in [2.05, 4.69) is 60.2 Å². The molecule has 2 heterocycles. The zero-order valence-corrected chi connectivity index (χ0v) is 21.8. The predicted octanol–water partition coefficient (Wildman–Crippen LogP) is 8.93. The molecule has 0 N–H and O–H groups in total. The van der Waals surface area contributed by atoms with Crippen LogP contribution in [0.3, 0.4) is 0 Å². The van der Waals surface area contributed by atoms with Crippen molar-refractivity contribution in [1.29, 1.82) is 0 Å². The number of rotatable bonds is 4. The molecule has 1 aromatic rings. The summed E-state index contributed by atoms with van der Waals surface area (Å²) in [6, 6.07) is 9.18. The Kier molecular flexibility index (Phi) is 6.29. The van der Waals surface area contributed by atoms with Gasteiger partial charge in [0.1, 0.15) is 6.17 Å². The van der Waals surface area contributed by atoms with Crippen LogP contribution in [-0.4, -0.2) is 11.1 Å². The van der Waals surface area contributed by atoms with Crippen LogP contribution in [0.1, 0.15) is 109 Å². The zero-order chi connectivity index (χ0) is 23.1. The van der Waals surface area contributed by atoms with Crippen LogP contribution >= 0.6 is 0 Å². The normalized spacial score (nSPS) is 28.7. The van der Waals surface area contributed by atoms with Crippen LogP contribution < -0.4 is 4.90 Å². The third kappa shape index (κ3) is 3.58. The standard InChI is InChI=1S/C32H46N2/c1-24-14-12-13-21-29(24)34-25(2)30-32(27-17-8-4-9-18-27,28-19-10-5-11-20-28)22-23-33(30)31(34)26-15-6-3-7-16-26/h12-14,21-23,26-28,31H,3-11,15-20H2,1-2H3. The molecule has 34 heavy (non-hydrogen) atoms. The maximum absolute atomic E-state index is 2.83. The van der Waals surface area contributed by atoms with Crippen molar-refractivity contribution in [2.24, 2.45) is 23.2 Å². The van der Waals surface area contributed by atoms with Crippen LogP contribution in [0, 0.1) is 30.1 Å². The fraction of sp³-hybridized carbons (Fsp3) is 0.688. The molecule has 1 aromatic carbocycles. The Morgan fingerprint density at radius 1 is 0.706 bits per heavy atom. The van der Waals surface area contributed by atoms with Gasteiger partial charge in [-0.25, -0.2) is 0 Å². The minimum Gasteiger partial charge on any atom is -0.328 e. The summed E-state index contributed by atoms with van der Waals surface area (Å²) >= 11 is 0. The fourth-order valence-corrected chi connectivity index (χ4v) is 8.92. The van der Waals surface area contributed by atoms with Crippen LogP contribution in [0.15, 0.2) is 47.9 Å². The molecule has 0 saturated heterocycles. The van der Waals surface area contributed by atoms with Gasteiger partial charge in [-0.15, -0.1) is 0 Å². The maximum atomic E-state index is 2.83. The quantitative estimate of drug-likeness (QED) is 0.444. The van der Waals surface area contributed by atoms with Gasteiger partial charge in [-0.05, 0) is 81.8 Å². The first-order chi connectivity index (χ1) is 16.7. The predicted molar refractivity (Wildman–Crippen MR) is 143 cm³/mol. The van der Waals surface area contributed by atoms with Crippen molar-refractivity contribution < 1.29 is 0 Å². The average Bonchev–Trinajstić information content (AvgIpc) is 3.43. The molecule has 0 bridgehead atoms. The summed E-state index contributed by atoms with van der Waals surface area (Å²) in [5.74, 6) is 2.43. The Bertz CT molecular complexity index is 906. The second-order valence-electron chi connectivity index (χ2n) is 12.2. The highest BCUT2D eigenvalue weighted by Crippen LogP contribution is 2.61. The molecule has 3 aliphatic carbocycles. The molecule has 1 atom stereocenters. The number of aryl methyl sites for hydroxylation is 1. The lowest BCUT2D eigenvalue weighted by Gasteiger charge is -2.47. The van der Waals surface area contributed by atoms with Crippen LogP contribution in [0.4, 0.5) is 5.69 Å². The Morgan fingerprint density at radius 2 is 1.26 bits per heavy atom. The summed E-state index contributed by atoms with van der Waals surface area (Å²) in [4.78, 5) is 5.64. The number of allylic oxidation sites excluding steroid dienone is 2. The van der Waals surface area contributed by atoms with E-state index in [1.165, 1.54) is 108 Å². The average molecular weight is 459 g/mol. The highest BCUT2D eigenvalue weighted by molar-refractivity contribution is 5.63. The first kappa shape index (κ1) is 22.7. The van der Waals surface area contributed by atoms with E-state index in [1.54, 1.807) is 11.4 Å². The van der Waals surface area contributed by atoms with Crippen molar-refractivity contribution in [2.75, 3.05) is 4.90 Å². The van der Waals surface area contributed by atoms with Crippen molar-refractivity contribution in [3.05, 3.63) is 53.5 Å². The molecule has 2 nitrogen and oxygen atoms in total. The minimum absolute atomic E-state index is 0.273. The number of nitrogens with zero attached hydrogens (tertiary/aromatic N) is 2. The van der Waals surface area contributed by atoms with Crippen molar-refractivity contribution in [1.82, 2.24) is 4.90 Å². The van der Waals surface area contributed by atoms with Gasteiger partial charge in [-0.2, -0.15) is 0 Å². The van der Waals surface area contributed by atoms with E-state index in [0.717, 1.165) is 17.8 Å². The molecular weight excluding hydrogens is 412 g/mol. The van der Waals surface area contributed by atoms with Gasteiger partial charge < -0.3 is 9.80 Å². The van der Waals surface area contributed by atoms with Gasteiger partial charge in [0.05, 0.1) is 0 Å². The third-order valence-corrected chi connectivity index (χ3v) is 10.4. The largest absolute Gasteiger partial charge is 0.328 e. The van der Waals surface area contributed by atoms with Crippen molar-refractivity contribution in [3.8, 4) is 0 Å².